The molecule has 0 radical (unpaired) electrons. The van der Waals surface area contributed by atoms with Gasteiger partial charge in [-0.3, -0.25) is 9.59 Å². The molecule has 2 aromatic rings. The number of carbonyl (C=O) groups is 3. The van der Waals surface area contributed by atoms with Crippen molar-refractivity contribution in [3.63, 3.8) is 0 Å². The summed E-state index contributed by atoms with van der Waals surface area (Å²) in [6, 6.07) is 4.54. The van der Waals surface area contributed by atoms with Gasteiger partial charge in [0.25, 0.3) is 0 Å². The molecule has 3 atom stereocenters. The molecule has 2 saturated heterocycles. The van der Waals surface area contributed by atoms with Gasteiger partial charge in [-0.1, -0.05) is 20.8 Å². The van der Waals surface area contributed by atoms with E-state index in [1.165, 1.54) is 6.07 Å². The van der Waals surface area contributed by atoms with Gasteiger partial charge in [-0.05, 0) is 31.9 Å². The van der Waals surface area contributed by atoms with Gasteiger partial charge in [0.1, 0.15) is 23.7 Å². The quantitative estimate of drug-likeness (QED) is 0.450. The van der Waals surface area contributed by atoms with Crippen LogP contribution in [0.3, 0.4) is 0 Å². The van der Waals surface area contributed by atoms with Crippen LogP contribution in [0.5, 0.6) is 5.75 Å². The van der Waals surface area contributed by atoms with Gasteiger partial charge in [-0.25, -0.2) is 9.59 Å². The molecule has 5 rings (SSSR count). The predicted molar refractivity (Wildman–Crippen MR) is 122 cm³/mol. The zero-order chi connectivity index (χ0) is 25.2. The third-order valence-corrected chi connectivity index (χ3v) is 8.27. The first-order valence-electron chi connectivity index (χ1n) is 11.9. The molecule has 0 N–H and O–H groups in total. The molecule has 1 saturated carbocycles. The molecule has 1 aliphatic carbocycles. The first-order valence-corrected chi connectivity index (χ1v) is 11.9. The van der Waals surface area contributed by atoms with Gasteiger partial charge in [0.05, 0.1) is 23.0 Å². The van der Waals surface area contributed by atoms with Crippen LogP contribution in [0, 0.1) is 10.8 Å². The zero-order valence-electron chi connectivity index (χ0n) is 20.2. The Bertz CT molecular complexity index is 1310. The number of cyclic esters (lactones) is 1. The average molecular weight is 485 g/mol. The first kappa shape index (κ1) is 23.4. The highest BCUT2D eigenvalue weighted by molar-refractivity contribution is 5.94. The Balaban J connectivity index is 1.52. The maximum Gasteiger partial charge on any atom is 0.351 e. The van der Waals surface area contributed by atoms with Crippen molar-refractivity contribution in [2.75, 3.05) is 6.61 Å². The monoisotopic (exact) mass is 484 g/mol. The lowest BCUT2D eigenvalue weighted by atomic mass is 9.66. The normalized spacial score (nSPS) is 28.7. The Morgan fingerprint density at radius 2 is 1.91 bits per heavy atom. The van der Waals surface area contributed by atoms with Gasteiger partial charge in [0, 0.05) is 24.3 Å². The number of hydrogen-bond acceptors (Lipinski definition) is 9. The number of hydrogen-bond donors (Lipinski definition) is 0. The molecule has 1 aromatic carbocycles. The van der Waals surface area contributed by atoms with Crippen molar-refractivity contribution < 1.29 is 37.7 Å². The van der Waals surface area contributed by atoms with Gasteiger partial charge < -0.3 is 23.4 Å². The Kier molecular flexibility index (Phi) is 5.23. The topological polar surface area (TPSA) is 118 Å². The van der Waals surface area contributed by atoms with Crippen LogP contribution < -0.4 is 10.2 Å². The summed E-state index contributed by atoms with van der Waals surface area (Å²) in [5, 5.41) is 0.300. The fourth-order valence-corrected chi connectivity index (χ4v) is 5.42. The molecule has 2 bridgehead atoms. The zero-order valence-corrected chi connectivity index (χ0v) is 20.2. The lowest BCUT2D eigenvalue weighted by Gasteiger charge is -2.34. The third-order valence-electron chi connectivity index (χ3n) is 8.27. The van der Waals surface area contributed by atoms with Gasteiger partial charge in [-0.15, -0.1) is 0 Å². The van der Waals surface area contributed by atoms with E-state index in [2.05, 4.69) is 0 Å². The number of aryl methyl sites for hydroxylation is 1. The van der Waals surface area contributed by atoms with E-state index in [9.17, 15) is 19.2 Å². The van der Waals surface area contributed by atoms with E-state index >= 15 is 0 Å². The number of rotatable bonds is 6. The SMILES string of the molecule is CCc1cc(=O)c2ccc(OC3CCOC3=O)c(COC(=O)[C@@]34CC[C@@](C)(C(=O)O3)C4(C)C)c2o1. The van der Waals surface area contributed by atoms with Crippen molar-refractivity contribution in [1.29, 1.82) is 0 Å². The molecular weight excluding hydrogens is 456 g/mol. The van der Waals surface area contributed by atoms with Gasteiger partial charge >= 0.3 is 17.9 Å². The summed E-state index contributed by atoms with van der Waals surface area (Å²) in [5.41, 5.74) is -2.62. The van der Waals surface area contributed by atoms with Crippen molar-refractivity contribution in [2.45, 2.75) is 71.7 Å². The second kappa shape index (κ2) is 7.83. The summed E-state index contributed by atoms with van der Waals surface area (Å²) < 4.78 is 28.3. The van der Waals surface area contributed by atoms with Crippen LogP contribution in [0.1, 0.15) is 58.3 Å². The number of carbonyl (C=O) groups excluding carboxylic acids is 3. The average Bonchev–Trinajstić information content (AvgIpc) is 3.36. The Labute approximate surface area is 201 Å². The van der Waals surface area contributed by atoms with Crippen LogP contribution in [0.15, 0.2) is 27.4 Å². The molecule has 1 aromatic heterocycles. The fourth-order valence-electron chi connectivity index (χ4n) is 5.42. The third kappa shape index (κ3) is 3.20. The van der Waals surface area contributed by atoms with E-state index in [4.69, 9.17) is 23.4 Å². The molecule has 1 unspecified atom stereocenters. The highest BCUT2D eigenvalue weighted by atomic mass is 16.6. The lowest BCUT2D eigenvalue weighted by molar-refractivity contribution is -0.184. The summed E-state index contributed by atoms with van der Waals surface area (Å²) in [6.45, 7) is 7.31. The largest absolute Gasteiger partial charge is 0.478 e. The van der Waals surface area contributed by atoms with E-state index in [1.807, 2.05) is 27.7 Å². The second-order valence-electron chi connectivity index (χ2n) is 10.2. The molecule has 186 valence electrons. The maximum absolute atomic E-state index is 13.4. The summed E-state index contributed by atoms with van der Waals surface area (Å²) in [6.07, 6.45) is 0.932. The molecule has 0 spiro atoms. The fraction of sp³-hybridized carbons (Fsp3) is 0.538. The molecule has 9 nitrogen and oxygen atoms in total. The molecule has 2 aliphatic heterocycles. The number of ether oxygens (including phenoxy) is 4. The van der Waals surface area contributed by atoms with Gasteiger partial charge in [-0.2, -0.15) is 0 Å². The van der Waals surface area contributed by atoms with Crippen molar-refractivity contribution >= 4 is 28.9 Å². The van der Waals surface area contributed by atoms with Crippen LogP contribution >= 0.6 is 0 Å². The summed E-state index contributed by atoms with van der Waals surface area (Å²) >= 11 is 0. The minimum absolute atomic E-state index is 0.224. The standard InChI is InChI=1S/C26H28O9/c1-5-14-12-17(27)15-6-7-18(34-19-8-11-31-21(19)28)16(20(15)33-14)13-32-23(30)26-10-9-25(4,22(29)35-26)24(26,2)3/h6-7,12,19H,5,8-11,13H2,1-4H3/t19?,25-,26+/m0/s1. The van der Waals surface area contributed by atoms with E-state index in [0.29, 0.717) is 42.4 Å². The maximum atomic E-state index is 13.4. The second-order valence-corrected chi connectivity index (χ2v) is 10.2. The molecule has 3 heterocycles. The van der Waals surface area contributed by atoms with E-state index in [1.54, 1.807) is 12.1 Å². The molecule has 3 aliphatic rings. The van der Waals surface area contributed by atoms with E-state index in [0.717, 1.165) is 0 Å². The van der Waals surface area contributed by atoms with E-state index < -0.39 is 40.4 Å². The number of fused-ring (bicyclic) bond motifs is 3. The Morgan fingerprint density at radius 3 is 2.51 bits per heavy atom. The summed E-state index contributed by atoms with van der Waals surface area (Å²) in [5.74, 6) is -0.835. The van der Waals surface area contributed by atoms with Crippen molar-refractivity contribution in [3.8, 4) is 5.75 Å². The molecule has 35 heavy (non-hydrogen) atoms. The van der Waals surface area contributed by atoms with Crippen LogP contribution in [0.4, 0.5) is 0 Å². The predicted octanol–water partition coefficient (Wildman–Crippen LogP) is 3.21. The first-order chi connectivity index (χ1) is 16.5. The molecule has 3 fully saturated rings. The van der Waals surface area contributed by atoms with E-state index in [-0.39, 0.29) is 30.0 Å². The van der Waals surface area contributed by atoms with Gasteiger partial charge in [0.2, 0.25) is 5.60 Å². The van der Waals surface area contributed by atoms with Crippen LogP contribution in [0.25, 0.3) is 11.0 Å². The molecular formula is C26H28O9. The number of benzene rings is 1. The lowest BCUT2D eigenvalue weighted by Crippen LogP contribution is -2.48. The van der Waals surface area contributed by atoms with Crippen molar-refractivity contribution in [2.24, 2.45) is 10.8 Å². The Morgan fingerprint density at radius 1 is 1.14 bits per heavy atom. The smallest absolute Gasteiger partial charge is 0.351 e. The summed E-state index contributed by atoms with van der Waals surface area (Å²) in [7, 11) is 0. The highest BCUT2D eigenvalue weighted by Gasteiger charge is 2.76. The van der Waals surface area contributed by atoms with Crippen LogP contribution in [0.2, 0.25) is 0 Å². The molecule has 9 heteroatoms. The minimum Gasteiger partial charge on any atom is -0.478 e. The minimum atomic E-state index is -1.39. The summed E-state index contributed by atoms with van der Waals surface area (Å²) in [4.78, 5) is 50.7. The van der Waals surface area contributed by atoms with Crippen LogP contribution in [-0.2, 0) is 41.6 Å². The van der Waals surface area contributed by atoms with Crippen LogP contribution in [-0.4, -0.2) is 36.2 Å². The van der Waals surface area contributed by atoms with Gasteiger partial charge in [0.15, 0.2) is 11.5 Å². The Hall–Kier alpha value is -3.36. The van der Waals surface area contributed by atoms with Crippen molar-refractivity contribution in [3.05, 3.63) is 39.7 Å². The van der Waals surface area contributed by atoms with Crippen molar-refractivity contribution in [1.82, 2.24) is 0 Å². The number of esters is 3. The molecule has 0 amide bonds. The highest BCUT2D eigenvalue weighted by Crippen LogP contribution is 2.65.